The van der Waals surface area contributed by atoms with E-state index in [1.54, 1.807) is 0 Å². The highest BCUT2D eigenvalue weighted by Crippen LogP contribution is 2.25. The number of fused-ring (bicyclic) bond motifs is 1. The second kappa shape index (κ2) is 6.21. The first kappa shape index (κ1) is 13.4. The third-order valence-corrected chi connectivity index (χ3v) is 3.76. The highest BCUT2D eigenvalue weighted by atomic mass is 35.5. The van der Waals surface area contributed by atoms with Gasteiger partial charge in [0.1, 0.15) is 0 Å². The van der Waals surface area contributed by atoms with Crippen LogP contribution >= 0.6 is 11.6 Å². The molecule has 1 aromatic carbocycles. The van der Waals surface area contributed by atoms with Crippen molar-refractivity contribution in [1.29, 1.82) is 0 Å². The molecular formula is C14H18ClNO2. The third-order valence-electron chi connectivity index (χ3n) is 3.40. The van der Waals surface area contributed by atoms with Gasteiger partial charge in [-0.15, -0.1) is 0 Å². The summed E-state index contributed by atoms with van der Waals surface area (Å²) in [6, 6.07) is 6.07. The lowest BCUT2D eigenvalue weighted by atomic mass is 9.99. The molecule has 1 heterocycles. The van der Waals surface area contributed by atoms with Crippen molar-refractivity contribution >= 4 is 17.6 Å². The van der Waals surface area contributed by atoms with Crippen LogP contribution in [0.3, 0.4) is 0 Å². The molecule has 0 aliphatic carbocycles. The number of benzene rings is 1. The van der Waals surface area contributed by atoms with Crippen molar-refractivity contribution in [2.75, 3.05) is 13.1 Å². The van der Waals surface area contributed by atoms with Crippen LogP contribution in [-0.4, -0.2) is 29.1 Å². The van der Waals surface area contributed by atoms with Crippen molar-refractivity contribution < 1.29 is 9.90 Å². The van der Waals surface area contributed by atoms with Crippen LogP contribution in [0.15, 0.2) is 18.2 Å². The molecule has 2 rings (SSSR count). The minimum atomic E-state index is -0.703. The van der Waals surface area contributed by atoms with Gasteiger partial charge in [-0.3, -0.25) is 9.69 Å². The molecule has 0 fully saturated rings. The van der Waals surface area contributed by atoms with E-state index in [1.807, 2.05) is 12.1 Å². The maximum atomic E-state index is 10.4. The molecule has 0 unspecified atom stereocenters. The number of nitrogens with zero attached hydrogens (tertiary/aromatic N) is 1. The number of hydrogen-bond acceptors (Lipinski definition) is 2. The summed E-state index contributed by atoms with van der Waals surface area (Å²) in [6.07, 6.45) is 2.97. The van der Waals surface area contributed by atoms with E-state index in [2.05, 4.69) is 11.0 Å². The quantitative estimate of drug-likeness (QED) is 0.834. The molecule has 0 amide bonds. The maximum Gasteiger partial charge on any atom is 0.303 e. The number of rotatable bonds is 5. The summed E-state index contributed by atoms with van der Waals surface area (Å²) in [6.45, 7) is 2.92. The molecule has 1 aromatic rings. The fourth-order valence-corrected chi connectivity index (χ4v) is 2.71. The average molecular weight is 268 g/mol. The number of carbonyl (C=O) groups is 1. The number of unbranched alkanes of at least 4 members (excludes halogenated alkanes) is 1. The average Bonchev–Trinajstić information content (AvgIpc) is 2.35. The molecule has 1 aliphatic heterocycles. The van der Waals surface area contributed by atoms with Crippen LogP contribution in [0.25, 0.3) is 0 Å². The molecule has 3 nitrogen and oxygen atoms in total. The first-order chi connectivity index (χ1) is 8.66. The lowest BCUT2D eigenvalue weighted by Gasteiger charge is -2.29. The van der Waals surface area contributed by atoms with E-state index >= 15 is 0 Å². The van der Waals surface area contributed by atoms with Gasteiger partial charge < -0.3 is 5.11 Å². The van der Waals surface area contributed by atoms with E-state index in [1.165, 1.54) is 11.1 Å². The Bertz CT molecular complexity index is 434. The van der Waals surface area contributed by atoms with Crippen LogP contribution in [0, 0.1) is 0 Å². The Morgan fingerprint density at radius 2 is 2.22 bits per heavy atom. The van der Waals surface area contributed by atoms with Crippen molar-refractivity contribution in [3.8, 4) is 0 Å². The molecule has 18 heavy (non-hydrogen) atoms. The summed E-state index contributed by atoms with van der Waals surface area (Å²) >= 11 is 6.17. The first-order valence-corrected chi connectivity index (χ1v) is 6.75. The Morgan fingerprint density at radius 3 is 3.00 bits per heavy atom. The summed E-state index contributed by atoms with van der Waals surface area (Å²) in [4.78, 5) is 12.8. The molecule has 0 aromatic heterocycles. The highest BCUT2D eigenvalue weighted by Gasteiger charge is 2.17. The summed E-state index contributed by atoms with van der Waals surface area (Å²) in [5, 5.41) is 9.46. The highest BCUT2D eigenvalue weighted by molar-refractivity contribution is 6.31. The molecule has 0 saturated heterocycles. The molecule has 0 radical (unpaired) electrons. The van der Waals surface area contributed by atoms with E-state index in [0.717, 1.165) is 43.9 Å². The summed E-state index contributed by atoms with van der Waals surface area (Å²) in [7, 11) is 0. The van der Waals surface area contributed by atoms with Gasteiger partial charge in [0, 0.05) is 24.5 Å². The zero-order chi connectivity index (χ0) is 13.0. The monoisotopic (exact) mass is 267 g/mol. The van der Waals surface area contributed by atoms with E-state index in [-0.39, 0.29) is 6.42 Å². The Kier molecular flexibility index (Phi) is 4.61. The van der Waals surface area contributed by atoms with Gasteiger partial charge in [-0.05, 0) is 43.0 Å². The molecule has 0 spiro atoms. The Balaban J connectivity index is 1.83. The van der Waals surface area contributed by atoms with Gasteiger partial charge in [0.05, 0.1) is 0 Å². The topological polar surface area (TPSA) is 40.5 Å². The van der Waals surface area contributed by atoms with Crippen molar-refractivity contribution in [1.82, 2.24) is 4.90 Å². The summed E-state index contributed by atoms with van der Waals surface area (Å²) < 4.78 is 0. The van der Waals surface area contributed by atoms with Gasteiger partial charge in [0.25, 0.3) is 0 Å². The molecule has 98 valence electrons. The van der Waals surface area contributed by atoms with Gasteiger partial charge in [-0.2, -0.15) is 0 Å². The number of carboxylic acid groups (broad SMARTS) is 1. The van der Waals surface area contributed by atoms with Crippen molar-refractivity contribution in [2.45, 2.75) is 32.2 Å². The number of carboxylic acids is 1. The smallest absolute Gasteiger partial charge is 0.303 e. The number of aliphatic carboxylic acids is 1. The van der Waals surface area contributed by atoms with Gasteiger partial charge in [0.15, 0.2) is 0 Å². The van der Waals surface area contributed by atoms with Gasteiger partial charge >= 0.3 is 5.97 Å². The van der Waals surface area contributed by atoms with E-state index in [0.29, 0.717) is 0 Å². The lowest BCUT2D eigenvalue weighted by Crippen LogP contribution is -2.31. The molecule has 0 atom stereocenters. The second-order valence-corrected chi connectivity index (χ2v) is 5.16. The van der Waals surface area contributed by atoms with Crippen molar-refractivity contribution in [3.05, 3.63) is 34.3 Å². The van der Waals surface area contributed by atoms with Gasteiger partial charge in [0.2, 0.25) is 0 Å². The first-order valence-electron chi connectivity index (χ1n) is 6.37. The Morgan fingerprint density at radius 1 is 1.39 bits per heavy atom. The van der Waals surface area contributed by atoms with Crippen LogP contribution in [0.2, 0.25) is 5.02 Å². The SMILES string of the molecule is O=C(O)CCCCN1CCc2c(Cl)cccc2C1. The molecular weight excluding hydrogens is 250 g/mol. The van der Waals surface area contributed by atoms with Crippen LogP contribution in [0.5, 0.6) is 0 Å². The molecule has 1 aliphatic rings. The fourth-order valence-electron chi connectivity index (χ4n) is 2.42. The molecule has 0 bridgehead atoms. The second-order valence-electron chi connectivity index (χ2n) is 4.75. The van der Waals surface area contributed by atoms with Gasteiger partial charge in [-0.25, -0.2) is 0 Å². The van der Waals surface area contributed by atoms with Crippen LogP contribution < -0.4 is 0 Å². The van der Waals surface area contributed by atoms with Crippen LogP contribution in [0.4, 0.5) is 0 Å². The number of halogens is 1. The Labute approximate surface area is 112 Å². The fraction of sp³-hybridized carbons (Fsp3) is 0.500. The molecule has 1 N–H and O–H groups in total. The number of hydrogen-bond donors (Lipinski definition) is 1. The third kappa shape index (κ3) is 3.47. The van der Waals surface area contributed by atoms with Crippen molar-refractivity contribution in [2.24, 2.45) is 0 Å². The minimum Gasteiger partial charge on any atom is -0.481 e. The van der Waals surface area contributed by atoms with E-state index in [4.69, 9.17) is 16.7 Å². The van der Waals surface area contributed by atoms with Crippen LogP contribution in [-0.2, 0) is 17.8 Å². The molecule has 0 saturated carbocycles. The zero-order valence-electron chi connectivity index (χ0n) is 10.4. The summed E-state index contributed by atoms with van der Waals surface area (Å²) in [5.74, 6) is -0.703. The van der Waals surface area contributed by atoms with E-state index in [9.17, 15) is 4.79 Å². The summed E-state index contributed by atoms with van der Waals surface area (Å²) in [5.41, 5.74) is 2.59. The standard InChI is InChI=1S/C14H18ClNO2/c15-13-5-3-4-11-10-16(9-7-12(11)13)8-2-1-6-14(17)18/h3-5H,1-2,6-10H2,(H,17,18). The minimum absolute atomic E-state index is 0.274. The predicted octanol–water partition coefficient (Wildman–Crippen LogP) is 2.95. The van der Waals surface area contributed by atoms with Crippen molar-refractivity contribution in [3.63, 3.8) is 0 Å². The molecule has 4 heteroatoms. The lowest BCUT2D eigenvalue weighted by molar-refractivity contribution is -0.137. The zero-order valence-corrected chi connectivity index (χ0v) is 11.1. The van der Waals surface area contributed by atoms with E-state index < -0.39 is 5.97 Å². The van der Waals surface area contributed by atoms with Crippen LogP contribution in [0.1, 0.15) is 30.4 Å². The van der Waals surface area contributed by atoms with Gasteiger partial charge in [-0.1, -0.05) is 23.7 Å². The Hall–Kier alpha value is -1.06. The predicted molar refractivity (Wildman–Crippen MR) is 71.9 cm³/mol. The largest absolute Gasteiger partial charge is 0.481 e. The maximum absolute atomic E-state index is 10.4. The normalized spacial score (nSPS) is 15.4.